The molecule has 0 spiro atoms. The van der Waals surface area contributed by atoms with Crippen molar-refractivity contribution in [1.82, 2.24) is 20.0 Å². The molecule has 8 nitrogen and oxygen atoms in total. The fraction of sp³-hybridized carbons (Fsp3) is 0.500. The Balaban J connectivity index is 1.52. The number of nitrogens with one attached hydrogen (secondary N) is 2. The molecule has 0 bridgehead atoms. The minimum Gasteiger partial charge on any atom is -0.440 e. The monoisotopic (exact) mass is 411 g/mol. The topological polar surface area (TPSA) is 90.6 Å². The van der Waals surface area contributed by atoms with Gasteiger partial charge < -0.3 is 15.0 Å². The molecule has 1 saturated carbocycles. The van der Waals surface area contributed by atoms with Crippen molar-refractivity contribution in [3.8, 4) is 0 Å². The number of H-pyrrole nitrogens is 1. The highest BCUT2D eigenvalue weighted by atomic mass is 16.6. The summed E-state index contributed by atoms with van der Waals surface area (Å²) in [6.07, 6.45) is 1.08. The summed E-state index contributed by atoms with van der Waals surface area (Å²) < 4.78 is 5.96. The number of aromatic nitrogens is 2. The van der Waals surface area contributed by atoms with E-state index in [4.69, 9.17) is 4.74 Å². The van der Waals surface area contributed by atoms with Crippen molar-refractivity contribution in [3.05, 3.63) is 47.2 Å². The van der Waals surface area contributed by atoms with Crippen LogP contribution in [0.1, 0.15) is 49.6 Å². The van der Waals surface area contributed by atoms with E-state index in [-0.39, 0.29) is 24.0 Å². The quantitative estimate of drug-likeness (QED) is 0.762. The van der Waals surface area contributed by atoms with Crippen molar-refractivity contribution in [2.75, 3.05) is 26.0 Å². The van der Waals surface area contributed by atoms with Crippen LogP contribution in [-0.2, 0) is 21.6 Å². The van der Waals surface area contributed by atoms with E-state index in [2.05, 4.69) is 15.5 Å². The number of amides is 2. The number of carbonyl (C=O) groups is 2. The molecule has 2 aliphatic rings. The van der Waals surface area contributed by atoms with Crippen molar-refractivity contribution in [2.45, 2.75) is 44.9 Å². The second kappa shape index (κ2) is 7.75. The number of fused-ring (bicyclic) bond motifs is 1. The number of benzene rings is 1. The largest absolute Gasteiger partial charge is 0.440 e. The van der Waals surface area contributed by atoms with Gasteiger partial charge in [-0.1, -0.05) is 30.3 Å². The van der Waals surface area contributed by atoms with Gasteiger partial charge in [0.1, 0.15) is 6.10 Å². The molecule has 2 amide bonds. The second-order valence-electron chi connectivity index (χ2n) is 8.88. The molecule has 1 aliphatic carbocycles. The Morgan fingerprint density at radius 1 is 1.30 bits per heavy atom. The molecule has 4 rings (SSSR count). The van der Waals surface area contributed by atoms with Crippen LogP contribution in [0, 0.1) is 5.92 Å². The van der Waals surface area contributed by atoms with E-state index in [0.29, 0.717) is 18.9 Å². The standard InChI is InChI=1S/C22H29N5O3/c1-22(2)18-16(19(25-24-18)23-20(28)15-10-11-15)12-27(22)21(29)30-17(13-26(3)4)14-8-6-5-7-9-14/h5-9,15,17H,10-13H2,1-4H3,(H2,23,24,25,28)/t17-/m1/s1. The number of hydrogen-bond donors (Lipinski definition) is 2. The summed E-state index contributed by atoms with van der Waals surface area (Å²) in [7, 11) is 3.91. The normalized spacial score (nSPS) is 18.2. The molecule has 30 heavy (non-hydrogen) atoms. The Labute approximate surface area is 176 Å². The summed E-state index contributed by atoms with van der Waals surface area (Å²) in [6.45, 7) is 4.82. The van der Waals surface area contributed by atoms with Crippen molar-refractivity contribution in [1.29, 1.82) is 0 Å². The fourth-order valence-electron chi connectivity index (χ4n) is 3.87. The van der Waals surface area contributed by atoms with Crippen LogP contribution in [0.4, 0.5) is 10.6 Å². The highest BCUT2D eigenvalue weighted by Crippen LogP contribution is 2.42. The molecule has 2 N–H and O–H groups in total. The molecule has 0 saturated heterocycles. The first-order valence-corrected chi connectivity index (χ1v) is 10.3. The van der Waals surface area contributed by atoms with Crippen molar-refractivity contribution in [2.24, 2.45) is 5.92 Å². The SMILES string of the molecule is CN(C)C[C@@H](OC(=O)N1Cc2c(NC(=O)C3CC3)n[nH]c2C1(C)C)c1ccccc1. The van der Waals surface area contributed by atoms with Crippen LogP contribution in [0.15, 0.2) is 30.3 Å². The van der Waals surface area contributed by atoms with E-state index in [1.165, 1.54) is 0 Å². The average molecular weight is 412 g/mol. The van der Waals surface area contributed by atoms with Crippen molar-refractivity contribution in [3.63, 3.8) is 0 Å². The summed E-state index contributed by atoms with van der Waals surface area (Å²) in [6, 6.07) is 9.76. The Kier molecular flexibility index (Phi) is 5.27. The van der Waals surface area contributed by atoms with Gasteiger partial charge in [0.2, 0.25) is 5.91 Å². The summed E-state index contributed by atoms with van der Waals surface area (Å²) in [5.41, 5.74) is 2.00. The third-order valence-electron chi connectivity index (χ3n) is 5.83. The lowest BCUT2D eigenvalue weighted by Crippen LogP contribution is -2.42. The molecular weight excluding hydrogens is 382 g/mol. The summed E-state index contributed by atoms with van der Waals surface area (Å²) in [5.74, 6) is 0.599. The Morgan fingerprint density at radius 2 is 2.00 bits per heavy atom. The number of anilines is 1. The van der Waals surface area contributed by atoms with Crippen LogP contribution in [-0.4, -0.2) is 52.6 Å². The number of nitrogens with zero attached hydrogens (tertiary/aromatic N) is 3. The molecule has 1 aromatic heterocycles. The summed E-state index contributed by atoms with van der Waals surface area (Å²) in [4.78, 5) is 29.1. The molecule has 1 atom stereocenters. The van der Waals surface area contributed by atoms with Gasteiger partial charge in [-0.25, -0.2) is 4.79 Å². The molecule has 2 heterocycles. The Hall–Kier alpha value is -2.87. The van der Waals surface area contributed by atoms with Gasteiger partial charge in [0.05, 0.1) is 17.8 Å². The van der Waals surface area contributed by atoms with Crippen LogP contribution in [0.25, 0.3) is 0 Å². The highest BCUT2D eigenvalue weighted by molar-refractivity contribution is 5.94. The van der Waals surface area contributed by atoms with Crippen molar-refractivity contribution < 1.29 is 14.3 Å². The molecule has 160 valence electrons. The fourth-order valence-corrected chi connectivity index (χ4v) is 3.87. The highest BCUT2D eigenvalue weighted by Gasteiger charge is 2.45. The lowest BCUT2D eigenvalue weighted by atomic mass is 10.0. The number of carbonyl (C=O) groups excluding carboxylic acids is 2. The van der Waals surface area contributed by atoms with Crippen LogP contribution in [0.5, 0.6) is 0 Å². The lowest BCUT2D eigenvalue weighted by Gasteiger charge is -2.33. The number of hydrogen-bond acceptors (Lipinski definition) is 5. The molecule has 0 unspecified atom stereocenters. The van der Waals surface area contributed by atoms with Crippen LogP contribution < -0.4 is 5.32 Å². The average Bonchev–Trinajstić information content (AvgIpc) is 3.42. The second-order valence-corrected chi connectivity index (χ2v) is 8.88. The minimum atomic E-state index is -0.624. The van der Waals surface area contributed by atoms with Crippen LogP contribution in [0.2, 0.25) is 0 Å². The molecule has 1 fully saturated rings. The molecule has 1 aliphatic heterocycles. The predicted octanol–water partition coefficient (Wildman–Crippen LogP) is 3.25. The zero-order valence-corrected chi connectivity index (χ0v) is 17.9. The maximum Gasteiger partial charge on any atom is 0.411 e. The predicted molar refractivity (Wildman–Crippen MR) is 113 cm³/mol. The third-order valence-corrected chi connectivity index (χ3v) is 5.83. The van der Waals surface area contributed by atoms with E-state index in [9.17, 15) is 9.59 Å². The molecule has 8 heteroatoms. The first-order valence-electron chi connectivity index (χ1n) is 10.3. The number of likely N-dealkylation sites (N-methyl/N-ethyl adjacent to an activating group) is 1. The van der Waals surface area contributed by atoms with Crippen LogP contribution in [0.3, 0.4) is 0 Å². The zero-order chi connectivity index (χ0) is 21.5. The molecule has 0 radical (unpaired) electrons. The van der Waals surface area contributed by atoms with Gasteiger partial charge in [-0.3, -0.25) is 14.8 Å². The Morgan fingerprint density at radius 3 is 2.63 bits per heavy atom. The van der Waals surface area contributed by atoms with E-state index in [1.54, 1.807) is 4.90 Å². The van der Waals surface area contributed by atoms with Gasteiger partial charge in [0, 0.05) is 18.0 Å². The van der Waals surface area contributed by atoms with Gasteiger partial charge >= 0.3 is 6.09 Å². The third kappa shape index (κ3) is 3.92. The van der Waals surface area contributed by atoms with Gasteiger partial charge in [0.15, 0.2) is 5.82 Å². The van der Waals surface area contributed by atoms with E-state index >= 15 is 0 Å². The van der Waals surface area contributed by atoms with Gasteiger partial charge in [-0.05, 0) is 46.3 Å². The van der Waals surface area contributed by atoms with E-state index in [0.717, 1.165) is 29.7 Å². The van der Waals surface area contributed by atoms with Gasteiger partial charge in [-0.15, -0.1) is 0 Å². The minimum absolute atomic E-state index is 0.00161. The number of ether oxygens (including phenoxy) is 1. The first kappa shape index (κ1) is 20.4. The summed E-state index contributed by atoms with van der Waals surface area (Å²) >= 11 is 0. The van der Waals surface area contributed by atoms with Crippen LogP contribution >= 0.6 is 0 Å². The number of rotatable bonds is 6. The molecule has 1 aromatic carbocycles. The summed E-state index contributed by atoms with van der Waals surface area (Å²) in [5, 5.41) is 10.2. The lowest BCUT2D eigenvalue weighted by molar-refractivity contribution is -0.117. The molecular formula is C22H29N5O3. The van der Waals surface area contributed by atoms with Gasteiger partial charge in [0.25, 0.3) is 0 Å². The van der Waals surface area contributed by atoms with Crippen molar-refractivity contribution >= 4 is 17.8 Å². The zero-order valence-electron chi connectivity index (χ0n) is 17.9. The van der Waals surface area contributed by atoms with E-state index < -0.39 is 5.54 Å². The van der Waals surface area contributed by atoms with Gasteiger partial charge in [-0.2, -0.15) is 5.10 Å². The number of aromatic amines is 1. The maximum atomic E-state index is 13.2. The Bertz CT molecular complexity index is 934. The van der Waals surface area contributed by atoms with E-state index in [1.807, 2.05) is 63.2 Å². The smallest absolute Gasteiger partial charge is 0.411 e. The maximum absolute atomic E-state index is 13.2. The first-order chi connectivity index (χ1) is 14.3. The molecule has 2 aromatic rings.